The van der Waals surface area contributed by atoms with Crippen molar-refractivity contribution in [1.29, 1.82) is 0 Å². The molecule has 0 unspecified atom stereocenters. The van der Waals surface area contributed by atoms with Gasteiger partial charge in [0.15, 0.2) is 0 Å². The molecular weight excluding hydrogens is 553 g/mol. The van der Waals surface area contributed by atoms with Crippen molar-refractivity contribution in [2.24, 2.45) is 0 Å². The van der Waals surface area contributed by atoms with Crippen molar-refractivity contribution >= 4 is 52.2 Å². The molecule has 4 amide bonds. The zero-order valence-corrected chi connectivity index (χ0v) is 23.7. The van der Waals surface area contributed by atoms with Gasteiger partial charge in [-0.2, -0.15) is 0 Å². The standard InChI is InChI=1S/C7H9NO2.C6H11NO.C6H10O2.C5H10INO/c1-5(2)8-6(9)3-4-7(8)10;1-4-6(8)7-5(2)3;1-4-6(7)8-5(2)3;1-4(2)7-5(8)3-6/h3-5H,1-2H3;4-5H,1H2,2-3H3,(H,7,8);4-5H,1H2,2-3H3;4H,3H2,1-2H3,(H,7,8). The smallest absolute Gasteiger partial charge is 0.330 e. The molecule has 0 radical (unpaired) electrons. The second-order valence-corrected chi connectivity index (χ2v) is 8.65. The van der Waals surface area contributed by atoms with E-state index in [9.17, 15) is 24.0 Å². The van der Waals surface area contributed by atoms with Crippen molar-refractivity contribution in [3.05, 3.63) is 37.5 Å². The Labute approximate surface area is 217 Å². The first-order valence-electron chi connectivity index (χ1n) is 10.8. The van der Waals surface area contributed by atoms with Gasteiger partial charge in [-0.05, 0) is 61.5 Å². The van der Waals surface area contributed by atoms with E-state index in [1.54, 1.807) is 13.8 Å². The van der Waals surface area contributed by atoms with Crippen molar-refractivity contribution in [3.63, 3.8) is 0 Å². The Morgan fingerprint density at radius 3 is 1.50 bits per heavy atom. The Morgan fingerprint density at radius 1 is 0.912 bits per heavy atom. The van der Waals surface area contributed by atoms with Crippen molar-refractivity contribution in [3.8, 4) is 0 Å². The molecule has 34 heavy (non-hydrogen) atoms. The van der Waals surface area contributed by atoms with Gasteiger partial charge in [0.2, 0.25) is 11.8 Å². The first-order chi connectivity index (χ1) is 15.6. The molecule has 0 saturated heterocycles. The zero-order chi connectivity index (χ0) is 27.4. The van der Waals surface area contributed by atoms with Gasteiger partial charge in [-0.1, -0.05) is 35.7 Å². The summed E-state index contributed by atoms with van der Waals surface area (Å²) in [4.78, 5) is 54.1. The third kappa shape index (κ3) is 22.7. The Hall–Kier alpha value is -2.50. The lowest BCUT2D eigenvalue weighted by Gasteiger charge is -2.17. The highest BCUT2D eigenvalue weighted by atomic mass is 127. The summed E-state index contributed by atoms with van der Waals surface area (Å²) in [5.74, 6) is -0.777. The molecule has 0 spiro atoms. The van der Waals surface area contributed by atoms with E-state index in [-0.39, 0.29) is 53.8 Å². The molecule has 1 aliphatic heterocycles. The lowest BCUT2D eigenvalue weighted by Crippen LogP contribution is -2.36. The van der Waals surface area contributed by atoms with Gasteiger partial charge >= 0.3 is 5.97 Å². The summed E-state index contributed by atoms with van der Waals surface area (Å²) in [7, 11) is 0. The number of esters is 1. The monoisotopic (exact) mass is 593 g/mol. The molecular formula is C24H40IN3O6. The molecule has 194 valence electrons. The van der Waals surface area contributed by atoms with Crippen molar-refractivity contribution < 1.29 is 28.7 Å². The number of imide groups is 1. The van der Waals surface area contributed by atoms with Crippen LogP contribution in [0.15, 0.2) is 37.5 Å². The Bertz CT molecular complexity index is 671. The van der Waals surface area contributed by atoms with Gasteiger partial charge in [0.05, 0.1) is 10.5 Å². The first-order valence-corrected chi connectivity index (χ1v) is 12.3. The van der Waals surface area contributed by atoms with Gasteiger partial charge in [0.25, 0.3) is 11.8 Å². The molecule has 1 aliphatic rings. The molecule has 0 fully saturated rings. The van der Waals surface area contributed by atoms with Gasteiger partial charge in [-0.15, -0.1) is 0 Å². The molecule has 0 aromatic carbocycles. The quantitative estimate of drug-likeness (QED) is 0.154. The van der Waals surface area contributed by atoms with Crippen LogP contribution in [0.4, 0.5) is 0 Å². The average Bonchev–Trinajstić information content (AvgIpc) is 3.06. The van der Waals surface area contributed by atoms with Gasteiger partial charge in [-0.3, -0.25) is 24.1 Å². The number of carbonyl (C=O) groups is 5. The highest BCUT2D eigenvalue weighted by Crippen LogP contribution is 2.07. The SMILES string of the molecule is C=CC(=O)NC(C)C.C=CC(=O)OC(C)C.CC(C)N1C(=O)C=CC1=O.CC(C)NC(=O)CI. The highest BCUT2D eigenvalue weighted by Gasteiger charge is 2.25. The molecule has 0 bridgehead atoms. The first kappa shape index (κ1) is 36.1. The predicted octanol–water partition coefficient (Wildman–Crippen LogP) is 3.09. The number of amides is 4. The minimum atomic E-state index is -0.361. The third-order valence-electron chi connectivity index (χ3n) is 3.07. The van der Waals surface area contributed by atoms with E-state index < -0.39 is 0 Å². The molecule has 1 heterocycles. The molecule has 2 N–H and O–H groups in total. The highest BCUT2D eigenvalue weighted by molar-refractivity contribution is 14.1. The summed E-state index contributed by atoms with van der Waals surface area (Å²) in [5.41, 5.74) is 0. The average molecular weight is 594 g/mol. The number of carbonyl (C=O) groups excluding carboxylic acids is 5. The molecule has 0 aromatic heterocycles. The molecule has 1 rings (SSSR count). The van der Waals surface area contributed by atoms with Gasteiger partial charge in [0.1, 0.15) is 0 Å². The normalized spacial score (nSPS) is 11.6. The largest absolute Gasteiger partial charge is 0.460 e. The van der Waals surface area contributed by atoms with Crippen molar-refractivity contribution in [2.75, 3.05) is 4.43 Å². The van der Waals surface area contributed by atoms with Gasteiger partial charge in [0, 0.05) is 36.4 Å². The third-order valence-corrected chi connectivity index (χ3v) is 3.76. The van der Waals surface area contributed by atoms with Crippen LogP contribution in [0.5, 0.6) is 0 Å². The second-order valence-electron chi connectivity index (χ2n) is 7.89. The Balaban J connectivity index is -0.000000380. The van der Waals surface area contributed by atoms with Crippen LogP contribution in [0.2, 0.25) is 0 Å². The minimum Gasteiger partial charge on any atom is -0.460 e. The van der Waals surface area contributed by atoms with E-state index in [1.165, 1.54) is 23.1 Å². The zero-order valence-electron chi connectivity index (χ0n) is 21.5. The number of alkyl halides is 1. The fraction of sp³-hybridized carbons (Fsp3) is 0.542. The van der Waals surface area contributed by atoms with E-state index >= 15 is 0 Å². The van der Waals surface area contributed by atoms with E-state index in [0.717, 1.165) is 6.08 Å². The predicted molar refractivity (Wildman–Crippen MR) is 143 cm³/mol. The topological polar surface area (TPSA) is 122 Å². The maximum Gasteiger partial charge on any atom is 0.330 e. The molecule has 10 heteroatoms. The molecule has 0 saturated carbocycles. The maximum absolute atomic E-state index is 10.8. The fourth-order valence-corrected chi connectivity index (χ4v) is 2.13. The summed E-state index contributed by atoms with van der Waals surface area (Å²) in [5, 5.41) is 5.38. The Morgan fingerprint density at radius 2 is 1.35 bits per heavy atom. The number of nitrogens with zero attached hydrogens (tertiary/aromatic N) is 1. The van der Waals surface area contributed by atoms with Crippen LogP contribution in [0, 0.1) is 0 Å². The van der Waals surface area contributed by atoms with Gasteiger partial charge < -0.3 is 15.4 Å². The molecule has 9 nitrogen and oxygen atoms in total. The van der Waals surface area contributed by atoms with Crippen LogP contribution in [0.25, 0.3) is 0 Å². The number of halogens is 1. The van der Waals surface area contributed by atoms with Crippen LogP contribution in [0.3, 0.4) is 0 Å². The van der Waals surface area contributed by atoms with Crippen LogP contribution >= 0.6 is 22.6 Å². The number of rotatable bonds is 7. The van der Waals surface area contributed by atoms with E-state index in [2.05, 4.69) is 28.5 Å². The number of ether oxygens (including phenoxy) is 1. The fourth-order valence-electron chi connectivity index (χ4n) is 1.91. The van der Waals surface area contributed by atoms with Gasteiger partial charge in [-0.25, -0.2) is 4.79 Å². The van der Waals surface area contributed by atoms with E-state index in [0.29, 0.717) is 4.43 Å². The van der Waals surface area contributed by atoms with Crippen LogP contribution < -0.4 is 10.6 Å². The summed E-state index contributed by atoms with van der Waals surface area (Å²) in [6.45, 7) is 21.4. The minimum absolute atomic E-state index is 0.0324. The Kier molecular flexibility index (Phi) is 22.3. The number of hydrogen-bond acceptors (Lipinski definition) is 6. The molecule has 0 aromatic rings. The summed E-state index contributed by atoms with van der Waals surface area (Å²) < 4.78 is 5.19. The second kappa shape index (κ2) is 21.1. The van der Waals surface area contributed by atoms with Crippen LogP contribution in [0.1, 0.15) is 55.4 Å². The number of hydrogen-bond donors (Lipinski definition) is 2. The number of nitrogens with one attached hydrogen (secondary N) is 2. The lowest BCUT2D eigenvalue weighted by atomic mass is 10.3. The summed E-state index contributed by atoms with van der Waals surface area (Å²) in [6, 6.07) is 0.452. The van der Waals surface area contributed by atoms with Crippen molar-refractivity contribution in [2.45, 2.75) is 79.6 Å². The summed E-state index contributed by atoms with van der Waals surface area (Å²) >= 11 is 2.03. The van der Waals surface area contributed by atoms with Crippen molar-refractivity contribution in [1.82, 2.24) is 15.5 Å². The lowest BCUT2D eigenvalue weighted by molar-refractivity contribution is -0.141. The maximum atomic E-state index is 10.8. The molecule has 0 atom stereocenters. The van der Waals surface area contributed by atoms with Crippen LogP contribution in [-0.2, 0) is 28.7 Å². The van der Waals surface area contributed by atoms with E-state index in [1.807, 2.05) is 64.1 Å². The summed E-state index contributed by atoms with van der Waals surface area (Å²) in [6.07, 6.45) is 4.96. The molecule has 0 aliphatic carbocycles. The van der Waals surface area contributed by atoms with Crippen LogP contribution in [-0.4, -0.2) is 63.2 Å². The van der Waals surface area contributed by atoms with E-state index in [4.69, 9.17) is 0 Å².